The van der Waals surface area contributed by atoms with Crippen LogP contribution in [0.2, 0.25) is 0 Å². The highest BCUT2D eigenvalue weighted by Gasteiger charge is 2.21. The molecule has 0 amide bonds. The molecule has 0 atom stereocenters. The number of carbonyl (C=O) groups excluding carboxylic acids is 2. The van der Waals surface area contributed by atoms with E-state index < -0.39 is 25.0 Å². The lowest BCUT2D eigenvalue weighted by Crippen LogP contribution is -2.15. The van der Waals surface area contributed by atoms with Crippen LogP contribution in [0.3, 0.4) is 0 Å². The van der Waals surface area contributed by atoms with Crippen LogP contribution in [-0.2, 0) is 11.8 Å². The molecule has 0 unspecified atom stereocenters. The molecule has 0 bridgehead atoms. The lowest BCUT2D eigenvalue weighted by molar-refractivity contribution is -0.0512. The summed E-state index contributed by atoms with van der Waals surface area (Å²) in [4.78, 5) is 24.4. The number of nitrogens with zero attached hydrogens (tertiary/aromatic N) is 2. The molecule has 0 fully saturated rings. The number of ether oxygens (including phenoxy) is 3. The highest BCUT2D eigenvalue weighted by atomic mass is 19.3. The molecule has 1 aromatic carbocycles. The zero-order chi connectivity index (χ0) is 19.4. The number of hydrogen-bond donors (Lipinski definition) is 0. The van der Waals surface area contributed by atoms with Crippen LogP contribution in [0, 0.1) is 13.8 Å². The van der Waals surface area contributed by atoms with E-state index >= 15 is 0 Å². The van der Waals surface area contributed by atoms with Gasteiger partial charge in [0, 0.05) is 18.3 Å². The molecular formula is C17H18F2N2O5. The van der Waals surface area contributed by atoms with Gasteiger partial charge in [-0.1, -0.05) is 0 Å². The molecule has 0 aliphatic rings. The van der Waals surface area contributed by atoms with Crippen LogP contribution >= 0.6 is 0 Å². The maximum atomic E-state index is 12.3. The van der Waals surface area contributed by atoms with E-state index in [0.717, 1.165) is 0 Å². The minimum atomic E-state index is -3.02. The number of methoxy groups -OCH3 is 1. The third-order valence-corrected chi connectivity index (χ3v) is 3.75. The Morgan fingerprint density at radius 3 is 2.46 bits per heavy atom. The minimum absolute atomic E-state index is 0.0265. The fourth-order valence-electron chi connectivity index (χ4n) is 2.39. The lowest BCUT2D eigenvalue weighted by Gasteiger charge is -2.11. The Hall–Kier alpha value is -2.97. The molecule has 9 heteroatoms. The minimum Gasteiger partial charge on any atom is -0.493 e. The normalized spacial score (nSPS) is 10.7. The number of Topliss-reactive ketones (excluding diaryl/α,β-unsaturated/α-hetero) is 1. The zero-order valence-electron chi connectivity index (χ0n) is 14.7. The summed E-state index contributed by atoms with van der Waals surface area (Å²) in [7, 11) is 2.95. The van der Waals surface area contributed by atoms with E-state index in [2.05, 4.69) is 9.84 Å². The zero-order valence-corrected chi connectivity index (χ0v) is 14.7. The largest absolute Gasteiger partial charge is 0.493 e. The first kappa shape index (κ1) is 19.4. The fourth-order valence-corrected chi connectivity index (χ4v) is 2.39. The van der Waals surface area contributed by atoms with Gasteiger partial charge in [-0.25, -0.2) is 4.79 Å². The number of aryl methyl sites for hydroxylation is 2. The highest BCUT2D eigenvalue weighted by Crippen LogP contribution is 2.29. The van der Waals surface area contributed by atoms with Crippen molar-refractivity contribution in [3.05, 3.63) is 40.7 Å². The van der Waals surface area contributed by atoms with Crippen molar-refractivity contribution in [3.8, 4) is 11.5 Å². The molecule has 0 saturated carbocycles. The predicted octanol–water partition coefficient (Wildman–Crippen LogP) is 2.69. The molecule has 2 rings (SSSR count). The van der Waals surface area contributed by atoms with E-state index in [-0.39, 0.29) is 17.1 Å². The second-order valence-electron chi connectivity index (χ2n) is 5.41. The van der Waals surface area contributed by atoms with E-state index in [1.807, 2.05) is 0 Å². The van der Waals surface area contributed by atoms with Gasteiger partial charge in [-0.05, 0) is 32.0 Å². The van der Waals surface area contributed by atoms with Gasteiger partial charge in [-0.2, -0.15) is 13.9 Å². The van der Waals surface area contributed by atoms with Crippen LogP contribution in [0.5, 0.6) is 11.5 Å². The predicted molar refractivity (Wildman–Crippen MR) is 86.9 cm³/mol. The van der Waals surface area contributed by atoms with Gasteiger partial charge < -0.3 is 14.2 Å². The molecular weight excluding hydrogens is 350 g/mol. The number of halogens is 2. The van der Waals surface area contributed by atoms with Crippen LogP contribution in [0.15, 0.2) is 18.2 Å². The second-order valence-corrected chi connectivity index (χ2v) is 5.41. The van der Waals surface area contributed by atoms with E-state index in [1.165, 1.54) is 25.3 Å². The van der Waals surface area contributed by atoms with Crippen LogP contribution in [0.25, 0.3) is 0 Å². The van der Waals surface area contributed by atoms with E-state index in [1.54, 1.807) is 25.6 Å². The monoisotopic (exact) mass is 368 g/mol. The summed E-state index contributed by atoms with van der Waals surface area (Å²) in [6.07, 6.45) is 0. The molecule has 140 valence electrons. The number of hydrogen-bond acceptors (Lipinski definition) is 6. The summed E-state index contributed by atoms with van der Waals surface area (Å²) in [6, 6.07) is 3.72. The second kappa shape index (κ2) is 7.94. The molecule has 1 heterocycles. The maximum absolute atomic E-state index is 12.3. The van der Waals surface area contributed by atoms with E-state index in [0.29, 0.717) is 17.0 Å². The standard InChI is InChI=1S/C17H18F2N2O5/c1-9-15(10(2)21(3)20-9)16(23)25-8-12(22)11-5-6-13(26-17(18)19)14(7-11)24-4/h5-7,17H,8H2,1-4H3. The highest BCUT2D eigenvalue weighted by molar-refractivity contribution is 6.00. The number of carbonyl (C=O) groups is 2. The summed E-state index contributed by atoms with van der Waals surface area (Å²) in [6.45, 7) is -0.147. The van der Waals surface area contributed by atoms with Crippen molar-refractivity contribution >= 4 is 11.8 Å². The molecule has 26 heavy (non-hydrogen) atoms. The van der Waals surface area contributed by atoms with Crippen molar-refractivity contribution in [2.24, 2.45) is 7.05 Å². The number of ketones is 1. The topological polar surface area (TPSA) is 79.7 Å². The number of rotatable bonds is 7. The number of benzene rings is 1. The Labute approximate surface area is 148 Å². The number of aromatic nitrogens is 2. The third-order valence-electron chi connectivity index (χ3n) is 3.75. The van der Waals surface area contributed by atoms with E-state index in [9.17, 15) is 18.4 Å². The third kappa shape index (κ3) is 4.16. The molecule has 0 radical (unpaired) electrons. The summed E-state index contributed by atoms with van der Waals surface area (Å²) >= 11 is 0. The lowest BCUT2D eigenvalue weighted by atomic mass is 10.1. The molecule has 0 aliphatic carbocycles. The van der Waals surface area contributed by atoms with Crippen molar-refractivity contribution < 1.29 is 32.6 Å². The molecule has 0 aliphatic heterocycles. The first-order valence-electron chi connectivity index (χ1n) is 7.58. The molecule has 2 aromatic rings. The van der Waals surface area contributed by atoms with Gasteiger partial charge in [-0.3, -0.25) is 9.48 Å². The van der Waals surface area contributed by atoms with Crippen LogP contribution in [0.1, 0.15) is 32.1 Å². The Kier molecular flexibility index (Phi) is 5.91. The van der Waals surface area contributed by atoms with Gasteiger partial charge in [0.2, 0.25) is 0 Å². The maximum Gasteiger partial charge on any atom is 0.387 e. The molecule has 0 saturated heterocycles. The quantitative estimate of drug-likeness (QED) is 0.552. The summed E-state index contributed by atoms with van der Waals surface area (Å²) in [5, 5.41) is 4.11. The van der Waals surface area contributed by atoms with Gasteiger partial charge in [0.15, 0.2) is 23.9 Å². The summed E-state index contributed by atoms with van der Waals surface area (Å²) in [5.41, 5.74) is 1.56. The number of alkyl halides is 2. The van der Waals surface area contributed by atoms with Crippen LogP contribution in [0.4, 0.5) is 8.78 Å². The Bertz CT molecular complexity index is 833. The van der Waals surface area contributed by atoms with Gasteiger partial charge in [0.25, 0.3) is 0 Å². The Morgan fingerprint density at radius 1 is 1.23 bits per heavy atom. The Balaban J connectivity index is 2.09. The number of esters is 1. The summed E-state index contributed by atoms with van der Waals surface area (Å²) in [5.74, 6) is -1.40. The Morgan fingerprint density at radius 2 is 1.92 bits per heavy atom. The molecule has 1 aromatic heterocycles. The van der Waals surface area contributed by atoms with Gasteiger partial charge in [-0.15, -0.1) is 0 Å². The molecule has 7 nitrogen and oxygen atoms in total. The van der Waals surface area contributed by atoms with Crippen LogP contribution in [-0.4, -0.2) is 41.9 Å². The smallest absolute Gasteiger partial charge is 0.387 e. The van der Waals surface area contributed by atoms with Crippen molar-refractivity contribution in [3.63, 3.8) is 0 Å². The van der Waals surface area contributed by atoms with Gasteiger partial charge in [0.05, 0.1) is 12.8 Å². The van der Waals surface area contributed by atoms with E-state index in [4.69, 9.17) is 9.47 Å². The first-order chi connectivity index (χ1) is 12.2. The molecule has 0 spiro atoms. The first-order valence-corrected chi connectivity index (χ1v) is 7.58. The van der Waals surface area contributed by atoms with Crippen molar-refractivity contribution in [2.75, 3.05) is 13.7 Å². The van der Waals surface area contributed by atoms with Crippen molar-refractivity contribution in [1.82, 2.24) is 9.78 Å². The average molecular weight is 368 g/mol. The van der Waals surface area contributed by atoms with Gasteiger partial charge in [0.1, 0.15) is 5.56 Å². The fraction of sp³-hybridized carbons (Fsp3) is 0.353. The SMILES string of the molecule is COc1cc(C(=O)COC(=O)c2c(C)nn(C)c2C)ccc1OC(F)F. The van der Waals surface area contributed by atoms with Crippen LogP contribution < -0.4 is 9.47 Å². The van der Waals surface area contributed by atoms with Gasteiger partial charge >= 0.3 is 12.6 Å². The average Bonchev–Trinajstić information content (AvgIpc) is 2.84. The molecule has 0 N–H and O–H groups in total. The van der Waals surface area contributed by atoms with Crippen molar-refractivity contribution in [1.29, 1.82) is 0 Å². The van der Waals surface area contributed by atoms with Crippen molar-refractivity contribution in [2.45, 2.75) is 20.5 Å². The summed E-state index contributed by atoms with van der Waals surface area (Å²) < 4.78 is 40.5.